The lowest BCUT2D eigenvalue weighted by Crippen LogP contribution is -2.71. The number of hydrogen-bond acceptors (Lipinski definition) is 27. The van der Waals surface area contributed by atoms with Crippen LogP contribution in [0.4, 0.5) is 0 Å². The van der Waals surface area contributed by atoms with Crippen LogP contribution in [0.3, 0.4) is 0 Å². The molecule has 3 saturated carbocycles. The van der Waals surface area contributed by atoms with Crippen LogP contribution in [0.25, 0.3) is 0 Å². The van der Waals surface area contributed by atoms with Crippen LogP contribution in [0.15, 0.2) is 11.6 Å². The van der Waals surface area contributed by atoms with Crippen molar-refractivity contribution in [2.75, 3.05) is 35.5 Å². The minimum absolute atomic E-state index is 0.0542. The van der Waals surface area contributed by atoms with Crippen molar-refractivity contribution >= 4 is 11.8 Å². The Hall–Kier alpha value is -2.08. The van der Waals surface area contributed by atoms with Crippen LogP contribution in [-0.4, -0.2) is 268 Å². The summed E-state index contributed by atoms with van der Waals surface area (Å²) in [5.41, 5.74) is -3.70. The number of carbonyl (C=O) groups is 2. The van der Waals surface area contributed by atoms with Crippen molar-refractivity contribution in [2.24, 2.45) is 22.7 Å². The van der Waals surface area contributed by atoms with Crippen molar-refractivity contribution in [3.63, 3.8) is 0 Å². The number of Topliss-reactive ketones (excluding diaryl/α,β-unsaturated/α-hetero) is 1. The van der Waals surface area contributed by atoms with Crippen LogP contribution in [0.1, 0.15) is 166 Å². The molecule has 7 saturated heterocycles. The maximum absolute atomic E-state index is 13.1. The van der Waals surface area contributed by atoms with Crippen molar-refractivity contribution in [1.29, 1.82) is 0 Å². The van der Waals surface area contributed by atoms with Crippen molar-refractivity contribution in [3.8, 4) is 0 Å². The first kappa shape index (κ1) is 76.1. The predicted octanol–water partition coefficient (Wildman–Crippen LogP) is 4.72. The van der Waals surface area contributed by atoms with Gasteiger partial charge in [-0.1, -0.05) is 25.5 Å². The second-order valence-corrected chi connectivity index (χ2v) is 30.1. The first-order valence-corrected chi connectivity index (χ1v) is 35.7. The average Bonchev–Trinajstić information content (AvgIpc) is 1.57. The minimum Gasteiger partial charge on any atom is -0.462 e. The van der Waals surface area contributed by atoms with E-state index in [-0.39, 0.29) is 61.6 Å². The molecule has 36 atom stereocenters. The number of carbonyl (C=O) groups excluding carboxylic acids is 2. The summed E-state index contributed by atoms with van der Waals surface area (Å²) in [5, 5.41) is 57.8. The summed E-state index contributed by atoms with van der Waals surface area (Å²) in [6, 6.07) is 0. The normalized spacial score (nSPS) is 51.9. The van der Waals surface area contributed by atoms with E-state index in [1.165, 1.54) is 26.5 Å². The molecule has 0 aromatic rings. The van der Waals surface area contributed by atoms with Crippen LogP contribution < -0.4 is 0 Å². The van der Waals surface area contributed by atoms with E-state index in [0.29, 0.717) is 44.9 Å². The predicted molar refractivity (Wildman–Crippen MR) is 339 cm³/mol. The molecule has 97 heavy (non-hydrogen) atoms. The van der Waals surface area contributed by atoms with Crippen LogP contribution in [0.5, 0.6) is 0 Å². The molecule has 0 radical (unpaired) electrons. The molecule has 0 unspecified atom stereocenters. The zero-order valence-corrected chi connectivity index (χ0v) is 59.7. The molecule has 0 bridgehead atoms. The number of ketones is 1. The molecule has 27 nitrogen and oxygen atoms in total. The fraction of sp³-hybridized carbons (Fsp3) is 0.943. The van der Waals surface area contributed by atoms with Crippen molar-refractivity contribution < 1.29 is 130 Å². The van der Waals surface area contributed by atoms with Crippen LogP contribution >= 0.6 is 0 Å². The summed E-state index contributed by atoms with van der Waals surface area (Å²) in [6.45, 7) is 19.7. The summed E-state index contributed by atoms with van der Waals surface area (Å²) in [7, 11) is 8.06. The number of aliphatic hydroxyl groups excluding tert-OH is 3. The largest absolute Gasteiger partial charge is 0.462 e. The van der Waals surface area contributed by atoms with E-state index in [1.807, 2.05) is 27.7 Å². The van der Waals surface area contributed by atoms with E-state index in [2.05, 4.69) is 13.0 Å². The molecule has 10 fully saturated rings. The Morgan fingerprint density at radius 1 is 0.454 bits per heavy atom. The molecular weight excluding hydrogens is 1270 g/mol. The number of hydrogen-bond donors (Lipinski definition) is 5. The zero-order chi connectivity index (χ0) is 70.0. The maximum Gasteiger partial charge on any atom is 0.302 e. The molecule has 556 valence electrons. The number of aliphatic hydroxyl groups is 5. The molecule has 5 N–H and O–H groups in total. The molecule has 4 aliphatic carbocycles. The monoisotopic (exact) mass is 1390 g/mol. The van der Waals surface area contributed by atoms with Gasteiger partial charge in [-0.2, -0.15) is 0 Å². The van der Waals surface area contributed by atoms with Crippen LogP contribution in [-0.2, 0) is 104 Å². The number of methoxy groups -OCH3 is 5. The van der Waals surface area contributed by atoms with Gasteiger partial charge in [0.15, 0.2) is 49.8 Å². The van der Waals surface area contributed by atoms with E-state index in [0.717, 1.165) is 12.8 Å². The Morgan fingerprint density at radius 2 is 0.814 bits per heavy atom. The molecule has 0 aromatic carbocycles. The van der Waals surface area contributed by atoms with Gasteiger partial charge >= 0.3 is 5.97 Å². The van der Waals surface area contributed by atoms with Gasteiger partial charge in [-0.25, -0.2) is 0 Å². The van der Waals surface area contributed by atoms with Gasteiger partial charge in [0.25, 0.3) is 0 Å². The van der Waals surface area contributed by atoms with Gasteiger partial charge in [-0.3, -0.25) is 9.59 Å². The summed E-state index contributed by atoms with van der Waals surface area (Å²) in [5.74, 6) is -1.22. The second kappa shape index (κ2) is 30.9. The molecule has 27 heteroatoms. The Balaban J connectivity index is 0.622. The molecule has 0 spiro atoms. The number of allylic oxidation sites excluding steroid dienone is 1. The van der Waals surface area contributed by atoms with Crippen LogP contribution in [0.2, 0.25) is 0 Å². The molecular formula is C70H114O27. The molecule has 11 rings (SSSR count). The Kier molecular flexibility index (Phi) is 24.3. The summed E-state index contributed by atoms with van der Waals surface area (Å²) < 4.78 is 126. The van der Waals surface area contributed by atoms with Crippen LogP contribution in [0, 0.1) is 22.7 Å². The molecule has 0 aromatic heterocycles. The summed E-state index contributed by atoms with van der Waals surface area (Å²) in [6.07, 6.45) is -10.8. The smallest absolute Gasteiger partial charge is 0.302 e. The quantitative estimate of drug-likeness (QED) is 0.0766. The second-order valence-electron chi connectivity index (χ2n) is 30.1. The van der Waals surface area contributed by atoms with Crippen molar-refractivity contribution in [2.45, 2.75) is 362 Å². The highest BCUT2D eigenvalue weighted by atomic mass is 16.8. The van der Waals surface area contributed by atoms with Gasteiger partial charge in [-0.05, 0) is 118 Å². The number of fused-ring (bicyclic) bond motifs is 5. The Bertz CT molecular complexity index is 2630. The zero-order valence-electron chi connectivity index (χ0n) is 59.7. The summed E-state index contributed by atoms with van der Waals surface area (Å²) in [4.78, 5) is 25.7. The van der Waals surface area contributed by atoms with Gasteiger partial charge < -0.3 is 120 Å². The number of rotatable bonds is 21. The lowest BCUT2D eigenvalue weighted by atomic mass is 9.44. The van der Waals surface area contributed by atoms with Gasteiger partial charge in [0, 0.05) is 87.4 Å². The first-order valence-electron chi connectivity index (χ1n) is 35.7. The lowest BCUT2D eigenvalue weighted by Gasteiger charge is -2.63. The molecule has 0 amide bonds. The highest BCUT2D eigenvalue weighted by molar-refractivity contribution is 5.87. The van der Waals surface area contributed by atoms with Gasteiger partial charge in [0.1, 0.15) is 54.4 Å². The standard InChI is InChI=1S/C70H114O27/c1-32-60(75)47(78-12)27-56(83-32)93-62-34(3)84-53(25-45(62)73)92-61-33(2)85-54(26-46(61)74)94-63-36(5)87-57(29-49(63)80-14)96-65-38(7)89-59(31-51(65)82-16)97-66-37(6)88-58(30-50(66)81-15)95-64-35(4)86-55(28-48(64)79-13)91-42-19-20-67(10)41(23-42)17-18-43-44(67)24-52(90-40(9)72)68(11)69(76,39(8)71)21-22-70(43,68)77/h17,32-38,42-66,73-77H,18-31H2,1-16H3/t32-,33-,34-,35-,36-,37+,38+,42+,43-,44+,45+,46+,47-,48-,49+,50-,51-,52-,53+,54+,55+,56+,57+,58-,59-,60-,61-,62-,63-,64-,65+,66+,67+,68-,69-,70+/m1/s1. The van der Waals surface area contributed by atoms with Crippen molar-refractivity contribution in [3.05, 3.63) is 11.6 Å². The lowest BCUT2D eigenvalue weighted by molar-refractivity contribution is -0.356. The molecule has 7 heterocycles. The van der Waals surface area contributed by atoms with E-state index in [9.17, 15) is 35.1 Å². The first-order chi connectivity index (χ1) is 46.0. The van der Waals surface area contributed by atoms with Gasteiger partial charge in [-0.15, -0.1) is 0 Å². The van der Waals surface area contributed by atoms with E-state index < -0.39 is 201 Å². The number of esters is 1. The van der Waals surface area contributed by atoms with E-state index in [4.69, 9.17) is 94.7 Å². The highest BCUT2D eigenvalue weighted by Gasteiger charge is 2.77. The molecule has 7 aliphatic heterocycles. The third-order valence-electron chi connectivity index (χ3n) is 24.5. The van der Waals surface area contributed by atoms with Gasteiger partial charge in [0.05, 0.1) is 103 Å². The number of ether oxygens (including phenoxy) is 20. The topological polar surface area (TPSA) is 320 Å². The fourth-order valence-corrected chi connectivity index (χ4v) is 18.9. The third kappa shape index (κ3) is 15.0. The fourth-order valence-electron chi connectivity index (χ4n) is 18.9. The maximum atomic E-state index is 13.1. The Labute approximate surface area is 571 Å². The average molecular weight is 1390 g/mol. The van der Waals surface area contributed by atoms with E-state index >= 15 is 0 Å². The minimum atomic E-state index is -1.82. The highest BCUT2D eigenvalue weighted by Crippen LogP contribution is 2.70. The molecule has 11 aliphatic rings. The SMILES string of the molecule is CO[C@H]1C[C@H](O[C@H]2[C@H](C)O[C@H](O[C@H]3[C@H](C)O[C@H](O[C@@H]4[C@@H](C)O[C@@H](O[C@H]5CC[C@@]6(C)C(=CC[C@@H]7[C@@H]6C[C@@H](OC(C)=O)[C@]6(C)[C@](O)(C(C)=O)CC[C@]76O)C5)C[C@H]4OC)C[C@H]3OC)C[C@H]2OC)O[C@H](C)[C@H]1O[C@H]1C[C@H](O)[C@H](O[C@H]2C[C@H](O)[C@H](O[C@H]3C[C@@H](OC)[C@H](O)[C@@H](C)O3)[C@@H](C)O2)[C@@H](C)O1. The van der Waals surface area contributed by atoms with Crippen molar-refractivity contribution in [1.82, 2.24) is 0 Å². The Morgan fingerprint density at radius 3 is 1.20 bits per heavy atom. The third-order valence-corrected chi connectivity index (χ3v) is 24.5. The van der Waals surface area contributed by atoms with Gasteiger partial charge in [0.2, 0.25) is 0 Å². The summed E-state index contributed by atoms with van der Waals surface area (Å²) >= 11 is 0. The van der Waals surface area contributed by atoms with E-state index in [1.54, 1.807) is 56.1 Å².